The van der Waals surface area contributed by atoms with Crippen LogP contribution in [0.1, 0.15) is 0 Å². The van der Waals surface area contributed by atoms with Crippen LogP contribution in [0.5, 0.6) is 5.75 Å². The van der Waals surface area contributed by atoms with E-state index in [-0.39, 0.29) is 5.91 Å². The lowest BCUT2D eigenvalue weighted by atomic mass is 9.83. The lowest BCUT2D eigenvalue weighted by molar-refractivity contribution is -0.129. The van der Waals surface area contributed by atoms with Crippen molar-refractivity contribution in [2.75, 3.05) is 12.0 Å². The predicted octanol–water partition coefficient (Wildman–Crippen LogP) is 1.21. The molecule has 1 heterocycles. The highest BCUT2D eigenvalue weighted by Gasteiger charge is 2.49. The van der Waals surface area contributed by atoms with Crippen LogP contribution in [0.15, 0.2) is 36.9 Å². The van der Waals surface area contributed by atoms with Crippen LogP contribution < -0.4 is 9.64 Å². The third-order valence-corrected chi connectivity index (χ3v) is 3.29. The fraction of sp³-hybridized carbons (Fsp3) is 0.267. The second-order valence-corrected chi connectivity index (χ2v) is 4.27. The first kappa shape index (κ1) is 13.2. The van der Waals surface area contributed by atoms with E-state index >= 15 is 0 Å². The number of terminal acetylenes is 1. The molecule has 0 saturated carbocycles. The van der Waals surface area contributed by atoms with Gasteiger partial charge in [0, 0.05) is 5.69 Å². The van der Waals surface area contributed by atoms with Gasteiger partial charge < -0.3 is 14.7 Å². The predicted molar refractivity (Wildman–Crippen MR) is 72.8 cm³/mol. The molecule has 0 spiro atoms. The average molecular weight is 257 g/mol. The van der Waals surface area contributed by atoms with Crippen molar-refractivity contribution in [2.24, 2.45) is 5.92 Å². The SMILES string of the molecule is C#CC(O)[C@@H]1[C@H](C=C)C(=O)N1c1ccc(OC)cc1. The number of anilines is 1. The van der Waals surface area contributed by atoms with Crippen molar-refractivity contribution in [3.63, 3.8) is 0 Å². The molecule has 1 aromatic rings. The molecule has 3 atom stereocenters. The zero-order valence-corrected chi connectivity index (χ0v) is 10.6. The van der Waals surface area contributed by atoms with Crippen LogP contribution >= 0.6 is 0 Å². The molecule has 1 fully saturated rings. The van der Waals surface area contributed by atoms with Gasteiger partial charge in [0.25, 0.3) is 0 Å². The molecule has 1 aliphatic heterocycles. The van der Waals surface area contributed by atoms with Gasteiger partial charge in [0.1, 0.15) is 11.9 Å². The standard InChI is InChI=1S/C15H15NO3/c1-4-12-14(13(17)5-2)16(15(12)18)10-6-8-11(19-3)9-7-10/h2,4,6-9,12-14,17H,1H2,3H3/t12-,13?,14-/m0/s1. The molecule has 0 radical (unpaired) electrons. The monoisotopic (exact) mass is 257 g/mol. The number of amides is 1. The molecule has 19 heavy (non-hydrogen) atoms. The van der Waals surface area contributed by atoms with Crippen molar-refractivity contribution in [2.45, 2.75) is 12.1 Å². The molecule has 0 aliphatic carbocycles. The first-order valence-electron chi connectivity index (χ1n) is 5.88. The molecule has 1 N–H and O–H groups in total. The van der Waals surface area contributed by atoms with Gasteiger partial charge in [-0.05, 0) is 24.3 Å². The van der Waals surface area contributed by atoms with E-state index in [0.717, 1.165) is 0 Å². The molecule has 0 bridgehead atoms. The maximum absolute atomic E-state index is 12.0. The number of nitrogens with zero attached hydrogens (tertiary/aromatic N) is 1. The molecule has 0 aromatic heterocycles. The number of rotatable bonds is 4. The van der Waals surface area contributed by atoms with E-state index in [1.807, 2.05) is 0 Å². The Labute approximate surface area is 112 Å². The topological polar surface area (TPSA) is 49.8 Å². The summed E-state index contributed by atoms with van der Waals surface area (Å²) in [5.74, 6) is 2.41. The summed E-state index contributed by atoms with van der Waals surface area (Å²) in [6.45, 7) is 3.61. The largest absolute Gasteiger partial charge is 0.497 e. The number of methoxy groups -OCH3 is 1. The van der Waals surface area contributed by atoms with Crippen LogP contribution in [0.4, 0.5) is 5.69 Å². The van der Waals surface area contributed by atoms with Crippen molar-refractivity contribution in [3.8, 4) is 18.1 Å². The first-order chi connectivity index (χ1) is 9.13. The molecule has 1 amide bonds. The fourth-order valence-corrected chi connectivity index (χ4v) is 2.25. The Bertz CT molecular complexity index is 529. The summed E-state index contributed by atoms with van der Waals surface area (Å²) in [4.78, 5) is 13.5. The summed E-state index contributed by atoms with van der Waals surface area (Å²) in [6.07, 6.45) is 5.75. The molecule has 1 aromatic carbocycles. The van der Waals surface area contributed by atoms with Crippen LogP contribution in [-0.4, -0.2) is 30.3 Å². The van der Waals surface area contributed by atoms with E-state index < -0.39 is 18.1 Å². The van der Waals surface area contributed by atoms with E-state index in [2.05, 4.69) is 12.5 Å². The Morgan fingerprint density at radius 1 is 1.53 bits per heavy atom. The second-order valence-electron chi connectivity index (χ2n) is 4.27. The highest BCUT2D eigenvalue weighted by molar-refractivity contribution is 6.04. The molecule has 1 saturated heterocycles. The highest BCUT2D eigenvalue weighted by Crippen LogP contribution is 2.35. The summed E-state index contributed by atoms with van der Waals surface area (Å²) in [5, 5.41) is 9.83. The lowest BCUT2D eigenvalue weighted by Gasteiger charge is -2.47. The van der Waals surface area contributed by atoms with Gasteiger partial charge in [-0.15, -0.1) is 13.0 Å². The van der Waals surface area contributed by atoms with Crippen LogP contribution in [0, 0.1) is 18.3 Å². The second kappa shape index (κ2) is 5.17. The van der Waals surface area contributed by atoms with Gasteiger partial charge in [-0.2, -0.15) is 0 Å². The zero-order chi connectivity index (χ0) is 14.0. The Hall–Kier alpha value is -2.25. The van der Waals surface area contributed by atoms with E-state index in [9.17, 15) is 9.90 Å². The summed E-state index contributed by atoms with van der Waals surface area (Å²) in [5.41, 5.74) is 0.684. The van der Waals surface area contributed by atoms with Crippen molar-refractivity contribution in [1.82, 2.24) is 0 Å². The Morgan fingerprint density at radius 2 is 2.16 bits per heavy atom. The molecule has 1 aliphatic rings. The Balaban J connectivity index is 2.29. The van der Waals surface area contributed by atoms with Crippen LogP contribution in [0.2, 0.25) is 0 Å². The molecule has 4 heteroatoms. The number of aliphatic hydroxyl groups excluding tert-OH is 1. The molecule has 2 rings (SSSR count). The molecular weight excluding hydrogens is 242 g/mol. The fourth-order valence-electron chi connectivity index (χ4n) is 2.25. The van der Waals surface area contributed by atoms with E-state index in [4.69, 9.17) is 11.2 Å². The maximum Gasteiger partial charge on any atom is 0.236 e. The number of ether oxygens (including phenoxy) is 1. The van der Waals surface area contributed by atoms with Gasteiger partial charge in [0.15, 0.2) is 0 Å². The molecular formula is C15H15NO3. The number of benzene rings is 1. The minimum absolute atomic E-state index is 0.112. The molecule has 98 valence electrons. The van der Waals surface area contributed by atoms with Gasteiger partial charge in [-0.25, -0.2) is 0 Å². The Kier molecular flexibility index (Phi) is 3.59. The van der Waals surface area contributed by atoms with Crippen LogP contribution in [0.3, 0.4) is 0 Å². The summed E-state index contributed by atoms with van der Waals surface area (Å²) in [7, 11) is 1.57. The van der Waals surface area contributed by atoms with E-state index in [0.29, 0.717) is 11.4 Å². The summed E-state index contributed by atoms with van der Waals surface area (Å²) < 4.78 is 5.06. The lowest BCUT2D eigenvalue weighted by Crippen LogP contribution is -2.65. The average Bonchev–Trinajstić information content (AvgIpc) is 2.45. The van der Waals surface area contributed by atoms with Crippen LogP contribution in [-0.2, 0) is 4.79 Å². The number of hydrogen-bond donors (Lipinski definition) is 1. The van der Waals surface area contributed by atoms with Gasteiger partial charge in [0.05, 0.1) is 19.1 Å². The number of hydrogen-bond acceptors (Lipinski definition) is 3. The summed E-state index contributed by atoms with van der Waals surface area (Å²) >= 11 is 0. The van der Waals surface area contributed by atoms with Gasteiger partial charge >= 0.3 is 0 Å². The smallest absolute Gasteiger partial charge is 0.236 e. The van der Waals surface area contributed by atoms with Crippen molar-refractivity contribution in [1.29, 1.82) is 0 Å². The third kappa shape index (κ3) is 2.09. The van der Waals surface area contributed by atoms with Crippen molar-refractivity contribution < 1.29 is 14.6 Å². The minimum Gasteiger partial charge on any atom is -0.497 e. The van der Waals surface area contributed by atoms with E-state index in [1.54, 1.807) is 31.4 Å². The number of carbonyl (C=O) groups excluding carboxylic acids is 1. The quantitative estimate of drug-likeness (QED) is 0.501. The summed E-state index contributed by atoms with van der Waals surface area (Å²) in [6, 6.07) is 6.56. The van der Waals surface area contributed by atoms with Gasteiger partial charge in [-0.3, -0.25) is 4.79 Å². The van der Waals surface area contributed by atoms with Gasteiger partial charge in [0.2, 0.25) is 5.91 Å². The maximum atomic E-state index is 12.0. The van der Waals surface area contributed by atoms with E-state index in [1.165, 1.54) is 11.0 Å². The van der Waals surface area contributed by atoms with Gasteiger partial charge in [-0.1, -0.05) is 12.0 Å². The van der Waals surface area contributed by atoms with Crippen LogP contribution in [0.25, 0.3) is 0 Å². The molecule has 4 nitrogen and oxygen atoms in total. The molecule has 1 unspecified atom stereocenters. The highest BCUT2D eigenvalue weighted by atomic mass is 16.5. The number of aliphatic hydroxyl groups is 1. The minimum atomic E-state index is -1.01. The number of carbonyl (C=O) groups is 1. The first-order valence-corrected chi connectivity index (χ1v) is 5.88. The van der Waals surface area contributed by atoms with Crippen molar-refractivity contribution >= 4 is 11.6 Å². The normalized spacial score (nSPS) is 23.2. The zero-order valence-electron chi connectivity index (χ0n) is 10.6. The Morgan fingerprint density at radius 3 is 2.63 bits per heavy atom. The number of β-lactam (4-membered cyclic amide) rings is 1. The third-order valence-electron chi connectivity index (χ3n) is 3.29. The van der Waals surface area contributed by atoms with Crippen molar-refractivity contribution in [3.05, 3.63) is 36.9 Å².